The summed E-state index contributed by atoms with van der Waals surface area (Å²) >= 11 is 1.59. The van der Waals surface area contributed by atoms with Crippen molar-refractivity contribution >= 4 is 23.6 Å². The Hall–Kier alpha value is -1.56. The van der Waals surface area contributed by atoms with Crippen molar-refractivity contribution in [1.29, 1.82) is 0 Å². The molecule has 2 rings (SSSR count). The molecule has 1 unspecified atom stereocenters. The van der Waals surface area contributed by atoms with E-state index >= 15 is 0 Å². The van der Waals surface area contributed by atoms with Crippen molar-refractivity contribution in [3.8, 4) is 0 Å². The molecule has 0 saturated carbocycles. The first-order valence-electron chi connectivity index (χ1n) is 6.45. The van der Waals surface area contributed by atoms with Gasteiger partial charge in [-0.3, -0.25) is 4.79 Å². The van der Waals surface area contributed by atoms with Crippen LogP contribution in [-0.2, 0) is 9.53 Å². The van der Waals surface area contributed by atoms with Crippen molar-refractivity contribution in [2.75, 3.05) is 24.7 Å². The number of hydrogen-bond acceptors (Lipinski definition) is 4. The van der Waals surface area contributed by atoms with Crippen LogP contribution in [0.5, 0.6) is 0 Å². The highest BCUT2D eigenvalue weighted by Crippen LogP contribution is 2.21. The summed E-state index contributed by atoms with van der Waals surface area (Å²) in [7, 11) is 0. The summed E-state index contributed by atoms with van der Waals surface area (Å²) in [5.41, 5.74) is -0.00583. The van der Waals surface area contributed by atoms with E-state index in [4.69, 9.17) is 4.74 Å². The minimum Gasteiger partial charge on any atom is -0.464 e. The van der Waals surface area contributed by atoms with Crippen LogP contribution in [-0.4, -0.2) is 47.5 Å². The van der Waals surface area contributed by atoms with Gasteiger partial charge < -0.3 is 9.64 Å². The SMILES string of the molecule is CCOC(=O)C1CSCCN1C(=O)c1ccccc1F. The zero-order chi connectivity index (χ0) is 14.5. The fourth-order valence-corrected chi connectivity index (χ4v) is 3.10. The van der Waals surface area contributed by atoms with Crippen molar-refractivity contribution in [3.63, 3.8) is 0 Å². The fourth-order valence-electron chi connectivity index (χ4n) is 2.07. The first-order valence-corrected chi connectivity index (χ1v) is 7.60. The Morgan fingerprint density at radius 1 is 1.45 bits per heavy atom. The largest absolute Gasteiger partial charge is 0.464 e. The number of rotatable bonds is 3. The molecule has 1 aliphatic rings. The maximum absolute atomic E-state index is 13.7. The van der Waals surface area contributed by atoms with Gasteiger partial charge in [0.2, 0.25) is 0 Å². The zero-order valence-electron chi connectivity index (χ0n) is 11.2. The molecule has 1 aromatic carbocycles. The van der Waals surface area contributed by atoms with Crippen molar-refractivity contribution < 1.29 is 18.7 Å². The minimum absolute atomic E-state index is 0.00583. The first-order chi connectivity index (χ1) is 9.65. The summed E-state index contributed by atoms with van der Waals surface area (Å²) in [6.07, 6.45) is 0. The number of benzene rings is 1. The van der Waals surface area contributed by atoms with Crippen LogP contribution < -0.4 is 0 Å². The maximum Gasteiger partial charge on any atom is 0.329 e. The molecule has 1 aromatic rings. The molecule has 1 saturated heterocycles. The molecule has 1 amide bonds. The van der Waals surface area contributed by atoms with Crippen LogP contribution in [0, 0.1) is 5.82 Å². The molecule has 1 aliphatic heterocycles. The summed E-state index contributed by atoms with van der Waals surface area (Å²) in [5, 5.41) is 0. The highest BCUT2D eigenvalue weighted by atomic mass is 32.2. The third kappa shape index (κ3) is 3.12. The molecule has 1 atom stereocenters. The summed E-state index contributed by atoms with van der Waals surface area (Å²) in [6, 6.07) is 5.17. The van der Waals surface area contributed by atoms with Crippen LogP contribution >= 0.6 is 11.8 Å². The Bertz CT molecular complexity index is 509. The number of ether oxygens (including phenoxy) is 1. The quantitative estimate of drug-likeness (QED) is 0.800. The number of nitrogens with zero attached hydrogens (tertiary/aromatic N) is 1. The van der Waals surface area contributed by atoms with Gasteiger partial charge in [0.25, 0.3) is 5.91 Å². The summed E-state index contributed by atoms with van der Waals surface area (Å²) < 4.78 is 18.7. The van der Waals surface area contributed by atoms with Crippen molar-refractivity contribution in [2.24, 2.45) is 0 Å². The molecule has 0 N–H and O–H groups in total. The highest BCUT2D eigenvalue weighted by molar-refractivity contribution is 7.99. The molecular formula is C14H16FNO3S. The second-order valence-corrected chi connectivity index (χ2v) is 5.47. The Kier molecular flexibility index (Phi) is 5.00. The maximum atomic E-state index is 13.7. The van der Waals surface area contributed by atoms with Gasteiger partial charge in [-0.2, -0.15) is 11.8 Å². The first kappa shape index (κ1) is 14.8. The van der Waals surface area contributed by atoms with Gasteiger partial charge in [0, 0.05) is 18.1 Å². The fraction of sp³-hybridized carbons (Fsp3) is 0.429. The predicted molar refractivity (Wildman–Crippen MR) is 75.2 cm³/mol. The van der Waals surface area contributed by atoms with Crippen molar-refractivity contribution in [3.05, 3.63) is 35.6 Å². The summed E-state index contributed by atoms with van der Waals surface area (Å²) in [4.78, 5) is 25.7. The molecule has 0 aromatic heterocycles. The summed E-state index contributed by atoms with van der Waals surface area (Å²) in [6.45, 7) is 2.40. The van der Waals surface area contributed by atoms with E-state index in [0.29, 0.717) is 12.3 Å². The van der Waals surface area contributed by atoms with Gasteiger partial charge in [-0.15, -0.1) is 0 Å². The minimum atomic E-state index is -0.638. The van der Waals surface area contributed by atoms with Gasteiger partial charge in [-0.25, -0.2) is 9.18 Å². The van der Waals surface area contributed by atoms with Crippen LogP contribution in [0.3, 0.4) is 0 Å². The van der Waals surface area contributed by atoms with E-state index < -0.39 is 23.7 Å². The van der Waals surface area contributed by atoms with E-state index in [2.05, 4.69) is 0 Å². The Balaban J connectivity index is 2.22. The lowest BCUT2D eigenvalue weighted by Crippen LogP contribution is -2.51. The lowest BCUT2D eigenvalue weighted by atomic mass is 10.1. The van der Waals surface area contributed by atoms with Gasteiger partial charge in [-0.1, -0.05) is 12.1 Å². The van der Waals surface area contributed by atoms with Crippen LogP contribution in [0.2, 0.25) is 0 Å². The molecule has 0 bridgehead atoms. The molecule has 4 nitrogen and oxygen atoms in total. The molecule has 1 fully saturated rings. The highest BCUT2D eigenvalue weighted by Gasteiger charge is 2.34. The monoisotopic (exact) mass is 297 g/mol. The molecule has 20 heavy (non-hydrogen) atoms. The van der Waals surface area contributed by atoms with Gasteiger partial charge in [-0.05, 0) is 19.1 Å². The van der Waals surface area contributed by atoms with Crippen LogP contribution in [0.25, 0.3) is 0 Å². The Morgan fingerprint density at radius 3 is 2.90 bits per heavy atom. The molecule has 0 radical (unpaired) electrons. The molecular weight excluding hydrogens is 281 g/mol. The van der Waals surface area contributed by atoms with Crippen LogP contribution in [0.15, 0.2) is 24.3 Å². The standard InChI is InChI=1S/C14H16FNO3S/c1-2-19-14(18)12-9-20-8-7-16(12)13(17)10-5-3-4-6-11(10)15/h3-6,12H,2,7-9H2,1H3. The number of thioether (sulfide) groups is 1. The normalized spacial score (nSPS) is 18.7. The smallest absolute Gasteiger partial charge is 0.329 e. The number of carbonyl (C=O) groups is 2. The topological polar surface area (TPSA) is 46.6 Å². The molecule has 0 aliphatic carbocycles. The van der Waals surface area contributed by atoms with E-state index in [1.165, 1.54) is 23.1 Å². The number of carbonyl (C=O) groups excluding carboxylic acids is 2. The van der Waals surface area contributed by atoms with Crippen LogP contribution in [0.1, 0.15) is 17.3 Å². The third-order valence-corrected chi connectivity index (χ3v) is 4.07. The van der Waals surface area contributed by atoms with E-state index in [0.717, 1.165) is 5.75 Å². The lowest BCUT2D eigenvalue weighted by molar-refractivity contribution is -0.147. The molecule has 0 spiro atoms. The van der Waals surface area contributed by atoms with Gasteiger partial charge in [0.1, 0.15) is 11.9 Å². The predicted octanol–water partition coefficient (Wildman–Crippen LogP) is 1.95. The second kappa shape index (κ2) is 6.74. The number of hydrogen-bond donors (Lipinski definition) is 0. The lowest BCUT2D eigenvalue weighted by Gasteiger charge is -2.33. The Morgan fingerprint density at radius 2 is 2.20 bits per heavy atom. The number of halogens is 1. The number of amides is 1. The second-order valence-electron chi connectivity index (χ2n) is 4.32. The molecule has 6 heteroatoms. The molecule has 108 valence electrons. The van der Waals surface area contributed by atoms with Gasteiger partial charge >= 0.3 is 5.97 Å². The average Bonchev–Trinajstić information content (AvgIpc) is 2.47. The average molecular weight is 297 g/mol. The summed E-state index contributed by atoms with van der Waals surface area (Å²) in [5.74, 6) is -0.237. The Labute approximate surface area is 121 Å². The molecule has 1 heterocycles. The van der Waals surface area contributed by atoms with Gasteiger partial charge in [0.15, 0.2) is 0 Å². The van der Waals surface area contributed by atoms with Crippen molar-refractivity contribution in [1.82, 2.24) is 4.90 Å². The van der Waals surface area contributed by atoms with E-state index in [1.54, 1.807) is 24.8 Å². The van der Waals surface area contributed by atoms with Crippen molar-refractivity contribution in [2.45, 2.75) is 13.0 Å². The zero-order valence-corrected chi connectivity index (χ0v) is 12.0. The van der Waals surface area contributed by atoms with E-state index in [9.17, 15) is 14.0 Å². The van der Waals surface area contributed by atoms with E-state index in [-0.39, 0.29) is 12.2 Å². The third-order valence-electron chi connectivity index (χ3n) is 3.05. The van der Waals surface area contributed by atoms with E-state index in [1.807, 2.05) is 0 Å². The van der Waals surface area contributed by atoms with Crippen LogP contribution in [0.4, 0.5) is 4.39 Å². The number of esters is 1. The van der Waals surface area contributed by atoms with Gasteiger partial charge in [0.05, 0.1) is 12.2 Å².